The topological polar surface area (TPSA) is 59.6 Å². The van der Waals surface area contributed by atoms with Crippen molar-refractivity contribution in [1.29, 1.82) is 0 Å². The SMILES string of the molecule is Cc1cc(-c2n[nH]c(=S)o2)nn1C. The van der Waals surface area contributed by atoms with E-state index in [0.717, 1.165) is 5.69 Å². The zero-order valence-corrected chi connectivity index (χ0v) is 8.05. The average molecular weight is 196 g/mol. The van der Waals surface area contributed by atoms with Gasteiger partial charge in [-0.25, -0.2) is 5.10 Å². The van der Waals surface area contributed by atoms with Gasteiger partial charge in [-0.05, 0) is 25.2 Å². The normalized spacial score (nSPS) is 10.6. The summed E-state index contributed by atoms with van der Waals surface area (Å²) in [5.41, 5.74) is 1.73. The zero-order valence-electron chi connectivity index (χ0n) is 7.24. The van der Waals surface area contributed by atoms with E-state index < -0.39 is 0 Å². The highest BCUT2D eigenvalue weighted by Crippen LogP contribution is 2.15. The Labute approximate surface area is 79.4 Å². The van der Waals surface area contributed by atoms with Gasteiger partial charge in [-0.3, -0.25) is 4.68 Å². The third-order valence-electron chi connectivity index (χ3n) is 1.77. The van der Waals surface area contributed by atoms with Crippen LogP contribution in [0.15, 0.2) is 10.5 Å². The number of aromatic nitrogens is 4. The van der Waals surface area contributed by atoms with Crippen molar-refractivity contribution in [1.82, 2.24) is 20.0 Å². The fraction of sp³-hybridized carbons (Fsp3) is 0.286. The number of nitrogens with one attached hydrogen (secondary N) is 1. The van der Waals surface area contributed by atoms with Gasteiger partial charge in [-0.1, -0.05) is 0 Å². The van der Waals surface area contributed by atoms with Crippen LogP contribution in [0.4, 0.5) is 0 Å². The molecular weight excluding hydrogens is 188 g/mol. The first kappa shape index (κ1) is 8.18. The average Bonchev–Trinajstić information content (AvgIpc) is 2.61. The highest BCUT2D eigenvalue weighted by Gasteiger charge is 2.08. The van der Waals surface area contributed by atoms with Crippen molar-refractivity contribution in [3.05, 3.63) is 16.6 Å². The second-order valence-corrected chi connectivity index (χ2v) is 3.08. The molecule has 68 valence electrons. The summed E-state index contributed by atoms with van der Waals surface area (Å²) in [5.74, 6) is 0.425. The molecule has 0 aliphatic carbocycles. The molecule has 0 saturated carbocycles. The summed E-state index contributed by atoms with van der Waals surface area (Å²) in [6.45, 7) is 1.96. The lowest BCUT2D eigenvalue weighted by Gasteiger charge is -1.88. The van der Waals surface area contributed by atoms with Gasteiger partial charge in [0, 0.05) is 12.7 Å². The Balaban J connectivity index is 2.52. The van der Waals surface area contributed by atoms with Gasteiger partial charge in [0.15, 0.2) is 0 Å². The molecule has 2 aromatic heterocycles. The van der Waals surface area contributed by atoms with Crippen LogP contribution in [0.2, 0.25) is 0 Å². The van der Waals surface area contributed by atoms with Crippen LogP contribution < -0.4 is 0 Å². The minimum absolute atomic E-state index is 0.262. The molecule has 6 heteroatoms. The Kier molecular flexibility index (Phi) is 1.77. The Morgan fingerprint density at radius 1 is 1.62 bits per heavy atom. The molecule has 0 bridgehead atoms. The van der Waals surface area contributed by atoms with E-state index in [1.165, 1.54) is 0 Å². The van der Waals surface area contributed by atoms with Crippen LogP contribution in [0.3, 0.4) is 0 Å². The van der Waals surface area contributed by atoms with Gasteiger partial charge < -0.3 is 4.42 Å². The first-order valence-corrected chi connectivity index (χ1v) is 4.14. The van der Waals surface area contributed by atoms with Crippen molar-refractivity contribution in [2.75, 3.05) is 0 Å². The molecule has 5 nitrogen and oxygen atoms in total. The van der Waals surface area contributed by atoms with Crippen molar-refractivity contribution in [3.8, 4) is 11.6 Å². The van der Waals surface area contributed by atoms with Gasteiger partial charge in [-0.15, -0.1) is 5.10 Å². The molecule has 2 aromatic rings. The van der Waals surface area contributed by atoms with Gasteiger partial charge in [0.2, 0.25) is 0 Å². The van der Waals surface area contributed by atoms with Crippen molar-refractivity contribution in [3.63, 3.8) is 0 Å². The van der Waals surface area contributed by atoms with Crippen LogP contribution in [0.1, 0.15) is 5.69 Å². The number of nitrogens with zero attached hydrogens (tertiary/aromatic N) is 3. The molecule has 0 aromatic carbocycles. The maximum atomic E-state index is 5.11. The van der Waals surface area contributed by atoms with Crippen LogP contribution in [0.25, 0.3) is 11.6 Å². The first-order chi connectivity index (χ1) is 6.16. The number of H-pyrrole nitrogens is 1. The molecule has 0 saturated heterocycles. The monoisotopic (exact) mass is 196 g/mol. The molecule has 2 heterocycles. The molecule has 0 atom stereocenters. The molecular formula is C7H8N4OS. The quantitative estimate of drug-likeness (QED) is 0.701. The fourth-order valence-electron chi connectivity index (χ4n) is 1.00. The van der Waals surface area contributed by atoms with Crippen LogP contribution in [0.5, 0.6) is 0 Å². The highest BCUT2D eigenvalue weighted by atomic mass is 32.1. The second-order valence-electron chi connectivity index (χ2n) is 2.71. The van der Waals surface area contributed by atoms with Crippen molar-refractivity contribution in [2.45, 2.75) is 6.92 Å². The summed E-state index contributed by atoms with van der Waals surface area (Å²) in [5, 5.41) is 10.6. The molecule has 0 aliphatic rings. The molecule has 13 heavy (non-hydrogen) atoms. The Morgan fingerprint density at radius 2 is 2.38 bits per heavy atom. The Bertz CT molecular complexity index is 461. The van der Waals surface area contributed by atoms with Crippen molar-refractivity contribution in [2.24, 2.45) is 7.05 Å². The lowest BCUT2D eigenvalue weighted by Crippen LogP contribution is -1.92. The van der Waals surface area contributed by atoms with Gasteiger partial charge in [0.25, 0.3) is 10.7 Å². The lowest BCUT2D eigenvalue weighted by molar-refractivity contribution is 0.548. The number of hydrogen-bond acceptors (Lipinski definition) is 4. The van der Waals surface area contributed by atoms with Crippen molar-refractivity contribution < 1.29 is 4.42 Å². The third kappa shape index (κ3) is 1.40. The zero-order chi connectivity index (χ0) is 9.42. The molecule has 1 N–H and O–H groups in total. The second kappa shape index (κ2) is 2.81. The number of aryl methyl sites for hydroxylation is 2. The molecule has 2 rings (SSSR count). The Morgan fingerprint density at radius 3 is 2.85 bits per heavy atom. The maximum absolute atomic E-state index is 5.11. The number of hydrogen-bond donors (Lipinski definition) is 1. The van der Waals surface area contributed by atoms with Gasteiger partial charge in [0.1, 0.15) is 5.69 Å². The van der Waals surface area contributed by atoms with E-state index in [1.807, 2.05) is 20.0 Å². The minimum atomic E-state index is 0.262. The number of rotatable bonds is 1. The Hall–Kier alpha value is -1.43. The van der Waals surface area contributed by atoms with Gasteiger partial charge >= 0.3 is 0 Å². The van der Waals surface area contributed by atoms with Gasteiger partial charge in [0.05, 0.1) is 0 Å². The van der Waals surface area contributed by atoms with E-state index in [0.29, 0.717) is 11.6 Å². The molecule has 0 fully saturated rings. The third-order valence-corrected chi connectivity index (χ3v) is 1.95. The lowest BCUT2D eigenvalue weighted by atomic mass is 10.4. The number of aromatic amines is 1. The summed E-state index contributed by atoms with van der Waals surface area (Å²) in [6, 6.07) is 1.88. The first-order valence-electron chi connectivity index (χ1n) is 3.73. The summed E-state index contributed by atoms with van der Waals surface area (Å²) in [7, 11) is 1.86. The largest absolute Gasteiger partial charge is 0.408 e. The van der Waals surface area contributed by atoms with E-state index in [4.69, 9.17) is 16.6 Å². The maximum Gasteiger partial charge on any atom is 0.284 e. The molecule has 0 unspecified atom stereocenters. The predicted octanol–water partition coefficient (Wildman–Crippen LogP) is 1.44. The van der Waals surface area contributed by atoms with Crippen LogP contribution >= 0.6 is 12.2 Å². The summed E-state index contributed by atoms with van der Waals surface area (Å²) < 4.78 is 6.86. The van der Waals surface area contributed by atoms with Crippen molar-refractivity contribution >= 4 is 12.2 Å². The highest BCUT2D eigenvalue weighted by molar-refractivity contribution is 7.71. The van der Waals surface area contributed by atoms with E-state index in [-0.39, 0.29) is 4.84 Å². The molecule has 0 aliphatic heterocycles. The molecule has 0 radical (unpaired) electrons. The van der Waals surface area contributed by atoms with E-state index >= 15 is 0 Å². The van der Waals surface area contributed by atoms with Gasteiger partial charge in [-0.2, -0.15) is 5.10 Å². The smallest absolute Gasteiger partial charge is 0.284 e. The van der Waals surface area contributed by atoms with Crippen LogP contribution in [-0.2, 0) is 7.05 Å². The predicted molar refractivity (Wildman–Crippen MR) is 48.6 cm³/mol. The van der Waals surface area contributed by atoms with Crippen LogP contribution in [-0.4, -0.2) is 20.0 Å². The molecule has 0 spiro atoms. The molecule has 0 amide bonds. The standard InChI is InChI=1S/C7H8N4OS/c1-4-3-5(10-11(4)2)6-8-9-7(13)12-6/h3H,1-2H3,(H,9,13). The summed E-state index contributed by atoms with van der Waals surface area (Å²) in [4.78, 5) is 0.262. The van der Waals surface area contributed by atoms with Crippen LogP contribution in [0, 0.1) is 11.8 Å². The van der Waals surface area contributed by atoms with E-state index in [9.17, 15) is 0 Å². The summed E-state index contributed by atoms with van der Waals surface area (Å²) >= 11 is 4.75. The minimum Gasteiger partial charge on any atom is -0.408 e. The van der Waals surface area contributed by atoms with E-state index in [1.54, 1.807) is 4.68 Å². The fourth-order valence-corrected chi connectivity index (χ4v) is 1.13. The summed E-state index contributed by atoms with van der Waals surface area (Å²) in [6.07, 6.45) is 0. The van der Waals surface area contributed by atoms with E-state index in [2.05, 4.69) is 15.3 Å².